The fourth-order valence-corrected chi connectivity index (χ4v) is 3.82. The highest BCUT2D eigenvalue weighted by atomic mass is 32.1. The lowest BCUT2D eigenvalue weighted by Gasteiger charge is -2.13. The maximum Gasteiger partial charge on any atom is 0.220 e. The van der Waals surface area contributed by atoms with Gasteiger partial charge in [0, 0.05) is 28.8 Å². The summed E-state index contributed by atoms with van der Waals surface area (Å²) in [5.41, 5.74) is 1.46. The summed E-state index contributed by atoms with van der Waals surface area (Å²) in [5.74, 6) is 0.304. The monoisotopic (exact) mass is 361 g/mol. The van der Waals surface area contributed by atoms with Crippen molar-refractivity contribution in [3.8, 4) is 16.2 Å². The fourth-order valence-electron chi connectivity index (χ4n) is 2.91. The number of carbonyl (C=O) groups excluding carboxylic acids is 2. The van der Waals surface area contributed by atoms with Crippen LogP contribution in [-0.2, 0) is 11.2 Å². The molecule has 3 rings (SSSR count). The van der Waals surface area contributed by atoms with E-state index in [1.807, 2.05) is 13.0 Å². The van der Waals surface area contributed by atoms with Crippen molar-refractivity contribution in [2.45, 2.75) is 39.2 Å². The van der Waals surface area contributed by atoms with Gasteiger partial charge >= 0.3 is 0 Å². The van der Waals surface area contributed by atoms with E-state index in [9.17, 15) is 14.0 Å². The van der Waals surface area contributed by atoms with E-state index in [0.717, 1.165) is 16.9 Å². The molecule has 1 atom stereocenters. The number of amides is 1. The van der Waals surface area contributed by atoms with E-state index in [0.29, 0.717) is 35.6 Å². The van der Waals surface area contributed by atoms with Gasteiger partial charge in [-0.05, 0) is 37.6 Å². The molecule has 1 aliphatic rings. The molecule has 1 N–H and O–H groups in total. The van der Waals surface area contributed by atoms with Gasteiger partial charge in [-0.1, -0.05) is 6.92 Å². The Bertz CT molecular complexity index is 815. The van der Waals surface area contributed by atoms with Crippen LogP contribution in [0.15, 0.2) is 24.3 Å². The second kappa shape index (κ2) is 7.35. The highest BCUT2D eigenvalue weighted by Crippen LogP contribution is 2.42. The quantitative estimate of drug-likeness (QED) is 0.792. The number of fused-ring (bicyclic) bond motifs is 1. The average Bonchev–Trinajstić information content (AvgIpc) is 3.19. The van der Waals surface area contributed by atoms with Crippen LogP contribution < -0.4 is 10.1 Å². The van der Waals surface area contributed by atoms with Crippen LogP contribution in [0.5, 0.6) is 5.75 Å². The normalized spacial score (nSPS) is 15.6. The van der Waals surface area contributed by atoms with Crippen molar-refractivity contribution in [3.63, 3.8) is 0 Å². The Morgan fingerprint density at radius 1 is 1.36 bits per heavy atom. The zero-order chi connectivity index (χ0) is 18.0. The minimum atomic E-state index is -0.328. The maximum atomic E-state index is 14.0. The van der Waals surface area contributed by atoms with Crippen molar-refractivity contribution in [1.82, 2.24) is 5.32 Å². The van der Waals surface area contributed by atoms with Gasteiger partial charge in [0.25, 0.3) is 0 Å². The number of benzene rings is 1. The second-order valence-electron chi connectivity index (χ2n) is 6.16. The van der Waals surface area contributed by atoms with Crippen LogP contribution in [0.1, 0.15) is 41.9 Å². The lowest BCUT2D eigenvalue weighted by molar-refractivity contribution is -0.121. The van der Waals surface area contributed by atoms with E-state index in [1.54, 1.807) is 6.07 Å². The highest BCUT2D eigenvalue weighted by Gasteiger charge is 2.27. The number of hydrogen-bond acceptors (Lipinski definition) is 4. The number of hydrogen-bond donors (Lipinski definition) is 1. The third-order valence-electron chi connectivity index (χ3n) is 4.09. The first-order valence-electron chi connectivity index (χ1n) is 8.34. The van der Waals surface area contributed by atoms with Crippen LogP contribution in [0.2, 0.25) is 0 Å². The number of carbonyl (C=O) groups is 2. The van der Waals surface area contributed by atoms with Crippen LogP contribution in [-0.4, -0.2) is 24.3 Å². The predicted octanol–water partition coefficient (Wildman–Crippen LogP) is 3.98. The minimum absolute atomic E-state index is 0.00202. The molecular weight excluding hydrogens is 341 g/mol. The molecule has 6 heteroatoms. The average molecular weight is 361 g/mol. The summed E-state index contributed by atoms with van der Waals surface area (Å²) in [4.78, 5) is 24.6. The van der Waals surface area contributed by atoms with Gasteiger partial charge in [-0.15, -0.1) is 11.3 Å². The first-order valence-corrected chi connectivity index (χ1v) is 9.16. The van der Waals surface area contributed by atoms with Gasteiger partial charge in [-0.3, -0.25) is 9.59 Å². The molecule has 0 bridgehead atoms. The molecule has 1 aromatic heterocycles. The number of halogens is 1. The van der Waals surface area contributed by atoms with Gasteiger partial charge in [0.15, 0.2) is 5.78 Å². The van der Waals surface area contributed by atoms with Gasteiger partial charge in [-0.25, -0.2) is 4.39 Å². The van der Waals surface area contributed by atoms with Crippen LogP contribution in [0.3, 0.4) is 0 Å². The molecule has 0 aliphatic carbocycles. The van der Waals surface area contributed by atoms with E-state index in [-0.39, 0.29) is 23.6 Å². The van der Waals surface area contributed by atoms with Crippen molar-refractivity contribution in [1.29, 1.82) is 0 Å². The van der Waals surface area contributed by atoms with E-state index < -0.39 is 0 Å². The summed E-state index contributed by atoms with van der Waals surface area (Å²) >= 11 is 1.33. The lowest BCUT2D eigenvalue weighted by Crippen LogP contribution is -2.34. The summed E-state index contributed by atoms with van der Waals surface area (Å²) in [6.45, 7) is 3.86. The first-order chi connectivity index (χ1) is 12.0. The zero-order valence-electron chi connectivity index (χ0n) is 14.2. The fraction of sp³-hybridized carbons (Fsp3) is 0.368. The SMILES string of the molecule is CCCC(=O)NC[C@H]1Cc2cc(F)cc(-c3ccc(C(C)=O)s3)c2O1. The molecule has 2 heterocycles. The highest BCUT2D eigenvalue weighted by molar-refractivity contribution is 7.17. The largest absolute Gasteiger partial charge is 0.487 e. The van der Waals surface area contributed by atoms with Crippen LogP contribution in [0, 0.1) is 5.82 Å². The molecule has 1 aliphatic heterocycles. The summed E-state index contributed by atoms with van der Waals surface area (Å²) in [6.07, 6.45) is 1.63. The van der Waals surface area contributed by atoms with Crippen molar-refractivity contribution < 1.29 is 18.7 Å². The number of ether oxygens (including phenoxy) is 1. The molecule has 4 nitrogen and oxygen atoms in total. The molecule has 132 valence electrons. The maximum absolute atomic E-state index is 14.0. The number of ketones is 1. The van der Waals surface area contributed by atoms with Crippen LogP contribution in [0.4, 0.5) is 4.39 Å². The molecule has 0 unspecified atom stereocenters. The predicted molar refractivity (Wildman–Crippen MR) is 95.8 cm³/mol. The molecule has 2 aromatic rings. The topological polar surface area (TPSA) is 55.4 Å². The van der Waals surface area contributed by atoms with Gasteiger partial charge in [0.05, 0.1) is 11.4 Å². The molecule has 0 radical (unpaired) electrons. The Kier molecular flexibility index (Phi) is 5.18. The van der Waals surface area contributed by atoms with Crippen molar-refractivity contribution in [3.05, 3.63) is 40.5 Å². The smallest absolute Gasteiger partial charge is 0.220 e. The lowest BCUT2D eigenvalue weighted by atomic mass is 10.0. The van der Waals surface area contributed by atoms with E-state index in [1.165, 1.54) is 30.4 Å². The molecule has 0 spiro atoms. The molecular formula is C19H20FNO3S. The minimum Gasteiger partial charge on any atom is -0.487 e. The number of Topliss-reactive ketones (excluding diaryl/α,β-unsaturated/α-hetero) is 1. The molecule has 25 heavy (non-hydrogen) atoms. The third-order valence-corrected chi connectivity index (χ3v) is 5.30. The van der Waals surface area contributed by atoms with Crippen molar-refractivity contribution >= 4 is 23.0 Å². The number of thiophene rings is 1. The van der Waals surface area contributed by atoms with Crippen LogP contribution in [0.25, 0.3) is 10.4 Å². The second-order valence-corrected chi connectivity index (χ2v) is 7.24. The number of nitrogens with one attached hydrogen (secondary N) is 1. The van der Waals surface area contributed by atoms with Gasteiger partial charge < -0.3 is 10.1 Å². The van der Waals surface area contributed by atoms with E-state index in [4.69, 9.17) is 4.74 Å². The molecule has 0 fully saturated rings. The molecule has 1 aromatic carbocycles. The Balaban J connectivity index is 1.81. The van der Waals surface area contributed by atoms with E-state index in [2.05, 4.69) is 5.32 Å². The molecule has 0 saturated heterocycles. The van der Waals surface area contributed by atoms with Crippen molar-refractivity contribution in [2.24, 2.45) is 0 Å². The Morgan fingerprint density at radius 2 is 2.16 bits per heavy atom. The molecule has 1 amide bonds. The van der Waals surface area contributed by atoms with E-state index >= 15 is 0 Å². The first kappa shape index (κ1) is 17.6. The van der Waals surface area contributed by atoms with Gasteiger partial charge in [-0.2, -0.15) is 0 Å². The Morgan fingerprint density at radius 3 is 2.84 bits per heavy atom. The van der Waals surface area contributed by atoms with Gasteiger partial charge in [0.1, 0.15) is 17.7 Å². The van der Waals surface area contributed by atoms with Crippen LogP contribution >= 0.6 is 11.3 Å². The summed E-state index contributed by atoms with van der Waals surface area (Å²) < 4.78 is 20.0. The third kappa shape index (κ3) is 3.90. The summed E-state index contributed by atoms with van der Waals surface area (Å²) in [6, 6.07) is 6.48. The standard InChI is InChI=1S/C19H20FNO3S/c1-3-4-18(23)21-10-14-8-12-7-13(20)9-15(19(12)24-14)17-6-5-16(25-17)11(2)22/h5-7,9,14H,3-4,8,10H2,1-2H3,(H,21,23)/t14-/m1/s1. The summed E-state index contributed by atoms with van der Waals surface area (Å²) in [5, 5.41) is 2.85. The Labute approximate surface area is 150 Å². The van der Waals surface area contributed by atoms with Crippen molar-refractivity contribution in [2.75, 3.05) is 6.54 Å². The Hall–Kier alpha value is -2.21. The van der Waals surface area contributed by atoms with Gasteiger partial charge in [0.2, 0.25) is 5.91 Å². The zero-order valence-corrected chi connectivity index (χ0v) is 15.0. The molecule has 0 saturated carbocycles. The summed E-state index contributed by atoms with van der Waals surface area (Å²) in [7, 11) is 0. The number of rotatable bonds is 6.